The van der Waals surface area contributed by atoms with Crippen molar-refractivity contribution >= 4 is 27.3 Å². The maximum atomic E-state index is 11.6. The highest BCUT2D eigenvalue weighted by Crippen LogP contribution is 2.18. The van der Waals surface area contributed by atoms with Crippen LogP contribution >= 0.6 is 11.6 Å². The number of rotatable bonds is 5. The number of benzene rings is 2. The van der Waals surface area contributed by atoms with E-state index in [1.807, 2.05) is 25.1 Å². The lowest BCUT2D eigenvalue weighted by Gasteiger charge is -2.10. The number of nitrogens with one attached hydrogen (secondary N) is 2. The van der Waals surface area contributed by atoms with Crippen molar-refractivity contribution in [1.82, 2.24) is 4.72 Å². The van der Waals surface area contributed by atoms with Crippen LogP contribution in [0.25, 0.3) is 0 Å². The van der Waals surface area contributed by atoms with Gasteiger partial charge in [0.1, 0.15) is 0 Å². The predicted octanol–water partition coefficient (Wildman–Crippen LogP) is 3.17. The molecule has 2 N–H and O–H groups in total. The average Bonchev–Trinajstić information content (AvgIpc) is 2.47. The molecule has 0 atom stereocenters. The fraction of sp³-hybridized carbons (Fsp3) is 0.200. The Morgan fingerprint density at radius 1 is 1.10 bits per heavy atom. The molecule has 21 heavy (non-hydrogen) atoms. The van der Waals surface area contributed by atoms with Crippen molar-refractivity contribution in [1.29, 1.82) is 0 Å². The number of halogens is 1. The zero-order valence-corrected chi connectivity index (χ0v) is 13.4. The molecule has 0 bridgehead atoms. The molecule has 0 spiro atoms. The van der Waals surface area contributed by atoms with Crippen molar-refractivity contribution in [3.8, 4) is 0 Å². The smallest absolute Gasteiger partial charge is 0.240 e. The van der Waals surface area contributed by atoms with Gasteiger partial charge in [-0.1, -0.05) is 17.7 Å². The Kier molecular flexibility index (Phi) is 4.88. The molecule has 112 valence electrons. The minimum Gasteiger partial charge on any atom is -0.381 e. The zero-order valence-electron chi connectivity index (χ0n) is 11.9. The van der Waals surface area contributed by atoms with E-state index in [-0.39, 0.29) is 4.90 Å². The standard InChI is InChI=1S/C15H17ClN2O2S/c1-11-9-13(16)4-3-12(11)10-18-14-5-7-15(8-6-14)21(19,20)17-2/h3-9,17-18H,10H2,1-2H3. The third-order valence-electron chi connectivity index (χ3n) is 3.22. The summed E-state index contributed by atoms with van der Waals surface area (Å²) in [5.41, 5.74) is 3.12. The van der Waals surface area contributed by atoms with Crippen LogP contribution in [-0.4, -0.2) is 15.5 Å². The fourth-order valence-corrected chi connectivity index (χ4v) is 2.88. The van der Waals surface area contributed by atoms with Gasteiger partial charge in [0.05, 0.1) is 4.90 Å². The van der Waals surface area contributed by atoms with Crippen LogP contribution in [0.5, 0.6) is 0 Å². The van der Waals surface area contributed by atoms with E-state index in [1.165, 1.54) is 7.05 Å². The molecule has 2 aromatic rings. The van der Waals surface area contributed by atoms with Gasteiger partial charge in [-0.2, -0.15) is 0 Å². The Bertz CT molecular complexity index is 728. The van der Waals surface area contributed by atoms with Crippen LogP contribution in [0.4, 0.5) is 5.69 Å². The normalized spacial score (nSPS) is 11.4. The van der Waals surface area contributed by atoms with Gasteiger partial charge in [0.2, 0.25) is 10.0 Å². The molecule has 0 saturated heterocycles. The molecule has 0 fully saturated rings. The summed E-state index contributed by atoms with van der Waals surface area (Å²) in [5.74, 6) is 0. The second kappa shape index (κ2) is 6.47. The van der Waals surface area contributed by atoms with E-state index in [4.69, 9.17) is 11.6 Å². The molecule has 0 amide bonds. The summed E-state index contributed by atoms with van der Waals surface area (Å²) in [6, 6.07) is 12.4. The highest BCUT2D eigenvalue weighted by Gasteiger charge is 2.10. The SMILES string of the molecule is CNS(=O)(=O)c1ccc(NCc2ccc(Cl)cc2C)cc1. The van der Waals surface area contributed by atoms with Crippen molar-refractivity contribution < 1.29 is 8.42 Å². The zero-order chi connectivity index (χ0) is 15.5. The second-order valence-electron chi connectivity index (χ2n) is 4.66. The third-order valence-corrected chi connectivity index (χ3v) is 4.89. The van der Waals surface area contributed by atoms with E-state index in [1.54, 1.807) is 24.3 Å². The Hall–Kier alpha value is -1.56. The van der Waals surface area contributed by atoms with Crippen molar-refractivity contribution in [2.45, 2.75) is 18.4 Å². The summed E-state index contributed by atoms with van der Waals surface area (Å²) >= 11 is 5.92. The van der Waals surface area contributed by atoms with Crippen molar-refractivity contribution in [3.63, 3.8) is 0 Å². The van der Waals surface area contributed by atoms with Crippen LogP contribution in [0.3, 0.4) is 0 Å². The molecule has 0 aliphatic carbocycles. The van der Waals surface area contributed by atoms with Crippen LogP contribution < -0.4 is 10.0 Å². The maximum Gasteiger partial charge on any atom is 0.240 e. The lowest BCUT2D eigenvalue weighted by atomic mass is 10.1. The number of anilines is 1. The van der Waals surface area contributed by atoms with Crippen LogP contribution in [0.15, 0.2) is 47.4 Å². The predicted molar refractivity (Wildman–Crippen MR) is 86.2 cm³/mol. The van der Waals surface area contributed by atoms with Gasteiger partial charge in [0.15, 0.2) is 0 Å². The van der Waals surface area contributed by atoms with E-state index in [9.17, 15) is 8.42 Å². The average molecular weight is 325 g/mol. The van der Waals surface area contributed by atoms with E-state index in [2.05, 4.69) is 10.0 Å². The molecular weight excluding hydrogens is 308 g/mol. The third kappa shape index (κ3) is 3.97. The molecule has 0 aromatic heterocycles. The largest absolute Gasteiger partial charge is 0.381 e. The molecule has 0 aliphatic rings. The number of hydrogen-bond donors (Lipinski definition) is 2. The molecule has 2 aromatic carbocycles. The molecule has 0 saturated carbocycles. The van der Waals surface area contributed by atoms with Crippen LogP contribution in [0.1, 0.15) is 11.1 Å². The molecule has 0 heterocycles. The van der Waals surface area contributed by atoms with E-state index >= 15 is 0 Å². The Morgan fingerprint density at radius 2 is 1.76 bits per heavy atom. The lowest BCUT2D eigenvalue weighted by molar-refractivity contribution is 0.588. The molecule has 0 aliphatic heterocycles. The Morgan fingerprint density at radius 3 is 2.33 bits per heavy atom. The summed E-state index contributed by atoms with van der Waals surface area (Å²) in [4.78, 5) is 0.248. The van der Waals surface area contributed by atoms with Gasteiger partial charge in [-0.15, -0.1) is 0 Å². The van der Waals surface area contributed by atoms with Gasteiger partial charge in [-0.25, -0.2) is 13.1 Å². The first-order chi connectivity index (χ1) is 9.92. The highest BCUT2D eigenvalue weighted by molar-refractivity contribution is 7.89. The van der Waals surface area contributed by atoms with Gasteiger partial charge < -0.3 is 5.32 Å². The number of hydrogen-bond acceptors (Lipinski definition) is 3. The van der Waals surface area contributed by atoms with E-state index < -0.39 is 10.0 Å². The summed E-state index contributed by atoms with van der Waals surface area (Å²) in [7, 11) is -1.99. The van der Waals surface area contributed by atoms with Gasteiger partial charge in [-0.3, -0.25) is 0 Å². The summed E-state index contributed by atoms with van der Waals surface area (Å²) in [5, 5.41) is 3.98. The topological polar surface area (TPSA) is 58.2 Å². The second-order valence-corrected chi connectivity index (χ2v) is 6.98. The Balaban J connectivity index is 2.07. The minimum atomic E-state index is -3.39. The monoisotopic (exact) mass is 324 g/mol. The summed E-state index contributed by atoms with van der Waals surface area (Å²) in [6.45, 7) is 2.66. The number of sulfonamides is 1. The van der Waals surface area contributed by atoms with Gasteiger partial charge in [0.25, 0.3) is 0 Å². The van der Waals surface area contributed by atoms with Crippen LogP contribution in [0, 0.1) is 6.92 Å². The first-order valence-corrected chi connectivity index (χ1v) is 8.31. The van der Waals surface area contributed by atoms with Crippen molar-refractivity contribution in [3.05, 3.63) is 58.6 Å². The molecular formula is C15H17ClN2O2S. The Labute approximate surface area is 130 Å². The fourth-order valence-electron chi connectivity index (χ4n) is 1.92. The lowest BCUT2D eigenvalue weighted by Crippen LogP contribution is -2.18. The molecule has 4 nitrogen and oxygen atoms in total. The van der Waals surface area contributed by atoms with Crippen LogP contribution in [-0.2, 0) is 16.6 Å². The first-order valence-electron chi connectivity index (χ1n) is 6.45. The molecule has 0 unspecified atom stereocenters. The number of aryl methyl sites for hydroxylation is 1. The molecule has 6 heteroatoms. The molecule has 2 rings (SSSR count). The maximum absolute atomic E-state index is 11.6. The van der Waals surface area contributed by atoms with Crippen LogP contribution in [0.2, 0.25) is 5.02 Å². The van der Waals surface area contributed by atoms with Crippen molar-refractivity contribution in [2.75, 3.05) is 12.4 Å². The summed E-state index contributed by atoms with van der Waals surface area (Å²) < 4.78 is 25.5. The minimum absolute atomic E-state index is 0.248. The van der Waals surface area contributed by atoms with Gasteiger partial charge >= 0.3 is 0 Å². The van der Waals surface area contributed by atoms with Gasteiger partial charge in [-0.05, 0) is 61.5 Å². The van der Waals surface area contributed by atoms with E-state index in [0.717, 1.165) is 21.8 Å². The van der Waals surface area contributed by atoms with Gasteiger partial charge in [0, 0.05) is 17.3 Å². The summed E-state index contributed by atoms with van der Waals surface area (Å²) in [6.07, 6.45) is 0. The highest BCUT2D eigenvalue weighted by atomic mass is 35.5. The first kappa shape index (κ1) is 15.8. The van der Waals surface area contributed by atoms with E-state index in [0.29, 0.717) is 6.54 Å². The van der Waals surface area contributed by atoms with Crippen molar-refractivity contribution in [2.24, 2.45) is 0 Å². The molecule has 0 radical (unpaired) electrons. The quantitative estimate of drug-likeness (QED) is 0.888.